The van der Waals surface area contributed by atoms with Gasteiger partial charge in [0.05, 0.1) is 16.5 Å². The van der Waals surface area contributed by atoms with Crippen LogP contribution in [0.4, 0.5) is 4.79 Å². The summed E-state index contributed by atoms with van der Waals surface area (Å²) in [5.74, 6) is -0.120. The number of carbonyl (C=O) groups excluding carboxylic acids is 1. The van der Waals surface area contributed by atoms with E-state index in [1.54, 1.807) is 27.7 Å². The molecular weight excluding hydrogens is 330 g/mol. The van der Waals surface area contributed by atoms with Crippen molar-refractivity contribution in [3.63, 3.8) is 0 Å². The van der Waals surface area contributed by atoms with Crippen molar-refractivity contribution in [2.24, 2.45) is 5.92 Å². The molecule has 0 spiro atoms. The van der Waals surface area contributed by atoms with Crippen molar-refractivity contribution in [2.75, 3.05) is 13.1 Å². The summed E-state index contributed by atoms with van der Waals surface area (Å²) >= 11 is 0. The Morgan fingerprint density at radius 2 is 1.83 bits per heavy atom. The lowest BCUT2D eigenvalue weighted by molar-refractivity contribution is 0.0521. The van der Waals surface area contributed by atoms with Gasteiger partial charge in [-0.2, -0.15) is 5.26 Å². The van der Waals surface area contributed by atoms with E-state index in [-0.39, 0.29) is 23.9 Å². The van der Waals surface area contributed by atoms with Crippen LogP contribution < -0.4 is 10.0 Å². The Balaban J connectivity index is 2.49. The highest BCUT2D eigenvalue weighted by molar-refractivity contribution is 7.89. The number of nitrogens with one attached hydrogen (secondary N) is 2. The molecular formula is C16H23N3O4S. The minimum absolute atomic E-state index is 0.0915. The highest BCUT2D eigenvalue weighted by atomic mass is 32.2. The maximum absolute atomic E-state index is 12.2. The summed E-state index contributed by atoms with van der Waals surface area (Å²) in [7, 11) is -3.65. The molecule has 1 amide bonds. The number of hydrogen-bond donors (Lipinski definition) is 2. The van der Waals surface area contributed by atoms with E-state index < -0.39 is 21.7 Å². The molecule has 0 saturated heterocycles. The fourth-order valence-electron chi connectivity index (χ4n) is 1.69. The second-order valence-corrected chi connectivity index (χ2v) is 8.24. The van der Waals surface area contributed by atoms with E-state index in [0.29, 0.717) is 5.56 Å². The molecule has 24 heavy (non-hydrogen) atoms. The van der Waals surface area contributed by atoms with Crippen molar-refractivity contribution in [1.82, 2.24) is 10.0 Å². The molecule has 132 valence electrons. The first kappa shape index (κ1) is 19.9. The summed E-state index contributed by atoms with van der Waals surface area (Å²) in [6.45, 7) is 7.55. The molecule has 0 unspecified atom stereocenters. The highest BCUT2D eigenvalue weighted by Crippen LogP contribution is 2.10. The highest BCUT2D eigenvalue weighted by Gasteiger charge is 2.18. The average Bonchev–Trinajstić information content (AvgIpc) is 2.49. The van der Waals surface area contributed by atoms with Gasteiger partial charge in [0.1, 0.15) is 5.60 Å². The topological polar surface area (TPSA) is 108 Å². The molecule has 0 radical (unpaired) electrons. The third-order valence-electron chi connectivity index (χ3n) is 2.91. The van der Waals surface area contributed by atoms with Crippen LogP contribution in [0.3, 0.4) is 0 Å². The lowest BCUT2D eigenvalue weighted by atomic mass is 10.2. The molecule has 1 aromatic rings. The Morgan fingerprint density at radius 3 is 2.33 bits per heavy atom. The van der Waals surface area contributed by atoms with Crippen molar-refractivity contribution in [2.45, 2.75) is 38.2 Å². The number of nitrogens with zero attached hydrogens (tertiary/aromatic N) is 1. The summed E-state index contributed by atoms with van der Waals surface area (Å²) in [4.78, 5) is 11.6. The van der Waals surface area contributed by atoms with Crippen LogP contribution in [0.15, 0.2) is 29.2 Å². The SMILES string of the molecule is C[C@@H](CNC(=O)OC(C)(C)C)CNS(=O)(=O)c1ccc(C#N)cc1. The van der Waals surface area contributed by atoms with Gasteiger partial charge in [-0.3, -0.25) is 0 Å². The normalized spacial score (nSPS) is 13.0. The first-order valence-corrected chi connectivity index (χ1v) is 8.98. The van der Waals surface area contributed by atoms with Gasteiger partial charge < -0.3 is 10.1 Å². The zero-order chi connectivity index (χ0) is 18.4. The zero-order valence-electron chi connectivity index (χ0n) is 14.3. The fraction of sp³-hybridized carbons (Fsp3) is 0.500. The van der Waals surface area contributed by atoms with Crippen molar-refractivity contribution in [3.05, 3.63) is 29.8 Å². The Bertz CT molecular complexity index is 700. The molecule has 8 heteroatoms. The Morgan fingerprint density at radius 1 is 1.25 bits per heavy atom. The predicted octanol–water partition coefficient (Wildman–Crippen LogP) is 2.00. The zero-order valence-corrected chi connectivity index (χ0v) is 15.1. The van der Waals surface area contributed by atoms with Crippen molar-refractivity contribution in [1.29, 1.82) is 5.26 Å². The number of alkyl carbamates (subject to hydrolysis) is 1. The van der Waals surface area contributed by atoms with Crippen LogP contribution in [0, 0.1) is 17.2 Å². The van der Waals surface area contributed by atoms with Gasteiger partial charge in [-0.05, 0) is 51.0 Å². The summed E-state index contributed by atoms with van der Waals surface area (Å²) < 4.78 is 31.9. The van der Waals surface area contributed by atoms with Gasteiger partial charge >= 0.3 is 6.09 Å². The monoisotopic (exact) mass is 353 g/mol. The quantitative estimate of drug-likeness (QED) is 0.813. The predicted molar refractivity (Wildman–Crippen MR) is 89.7 cm³/mol. The maximum atomic E-state index is 12.2. The number of amides is 1. The van der Waals surface area contributed by atoms with Crippen LogP contribution in [0.1, 0.15) is 33.3 Å². The molecule has 0 heterocycles. The second kappa shape index (κ2) is 8.13. The van der Waals surface area contributed by atoms with Crippen LogP contribution >= 0.6 is 0 Å². The van der Waals surface area contributed by atoms with E-state index in [0.717, 1.165) is 0 Å². The lowest BCUT2D eigenvalue weighted by Crippen LogP contribution is -2.38. The third-order valence-corrected chi connectivity index (χ3v) is 4.35. The summed E-state index contributed by atoms with van der Waals surface area (Å²) in [5, 5.41) is 11.3. The molecule has 0 fully saturated rings. The Kier molecular flexibility index (Phi) is 6.75. The molecule has 1 atom stereocenters. The van der Waals surface area contributed by atoms with Crippen LogP contribution in [0.25, 0.3) is 0 Å². The number of ether oxygens (including phenoxy) is 1. The number of nitriles is 1. The average molecular weight is 353 g/mol. The van der Waals surface area contributed by atoms with Gasteiger partial charge in [-0.25, -0.2) is 17.9 Å². The van der Waals surface area contributed by atoms with Crippen molar-refractivity contribution >= 4 is 16.1 Å². The number of carbonyl (C=O) groups is 1. The number of rotatable bonds is 6. The molecule has 0 saturated carbocycles. The smallest absolute Gasteiger partial charge is 0.407 e. The summed E-state index contributed by atoms with van der Waals surface area (Å²) in [5.41, 5.74) is -0.186. The minimum atomic E-state index is -3.65. The molecule has 1 rings (SSSR count). The molecule has 2 N–H and O–H groups in total. The van der Waals surface area contributed by atoms with Gasteiger partial charge in [0, 0.05) is 13.1 Å². The van der Waals surface area contributed by atoms with E-state index in [1.807, 2.05) is 6.07 Å². The first-order valence-electron chi connectivity index (χ1n) is 7.50. The molecule has 1 aromatic carbocycles. The van der Waals surface area contributed by atoms with Gasteiger partial charge in [0.2, 0.25) is 10.0 Å². The largest absolute Gasteiger partial charge is 0.444 e. The van der Waals surface area contributed by atoms with E-state index in [1.165, 1.54) is 24.3 Å². The first-order chi connectivity index (χ1) is 11.0. The minimum Gasteiger partial charge on any atom is -0.444 e. The molecule has 0 aromatic heterocycles. The second-order valence-electron chi connectivity index (χ2n) is 6.48. The number of sulfonamides is 1. The number of benzene rings is 1. The van der Waals surface area contributed by atoms with Crippen molar-refractivity contribution in [3.8, 4) is 6.07 Å². The summed E-state index contributed by atoms with van der Waals surface area (Å²) in [6, 6.07) is 7.58. The van der Waals surface area contributed by atoms with Crippen LogP contribution in [-0.2, 0) is 14.8 Å². The maximum Gasteiger partial charge on any atom is 0.407 e. The molecule has 0 aliphatic heterocycles. The standard InChI is InChI=1S/C16H23N3O4S/c1-12(10-18-15(20)23-16(2,3)4)11-19-24(21,22)14-7-5-13(9-17)6-8-14/h5-8,12,19H,10-11H2,1-4H3,(H,18,20)/t12-/m0/s1. The van der Waals surface area contributed by atoms with Gasteiger partial charge in [-0.15, -0.1) is 0 Å². The van der Waals surface area contributed by atoms with Gasteiger partial charge in [0.25, 0.3) is 0 Å². The van der Waals surface area contributed by atoms with E-state index in [2.05, 4.69) is 10.0 Å². The van der Waals surface area contributed by atoms with Crippen LogP contribution in [0.5, 0.6) is 0 Å². The molecule has 7 nitrogen and oxygen atoms in total. The Hall–Kier alpha value is -2.11. The van der Waals surface area contributed by atoms with Gasteiger partial charge in [-0.1, -0.05) is 6.92 Å². The van der Waals surface area contributed by atoms with Crippen molar-refractivity contribution < 1.29 is 17.9 Å². The number of hydrogen-bond acceptors (Lipinski definition) is 5. The summed E-state index contributed by atoms with van der Waals surface area (Å²) in [6.07, 6.45) is -0.538. The third kappa shape index (κ3) is 6.98. The van der Waals surface area contributed by atoms with E-state index >= 15 is 0 Å². The Labute approximate surface area is 143 Å². The molecule has 0 bridgehead atoms. The lowest BCUT2D eigenvalue weighted by Gasteiger charge is -2.21. The van der Waals surface area contributed by atoms with E-state index in [4.69, 9.17) is 10.00 Å². The van der Waals surface area contributed by atoms with E-state index in [9.17, 15) is 13.2 Å². The molecule has 0 aliphatic carbocycles. The van der Waals surface area contributed by atoms with Gasteiger partial charge in [0.15, 0.2) is 0 Å². The molecule has 0 aliphatic rings. The van der Waals surface area contributed by atoms with Crippen LogP contribution in [-0.4, -0.2) is 33.2 Å². The fourth-order valence-corrected chi connectivity index (χ4v) is 2.85. The van der Waals surface area contributed by atoms with Crippen LogP contribution in [0.2, 0.25) is 0 Å².